The van der Waals surface area contributed by atoms with Crippen molar-refractivity contribution in [1.29, 1.82) is 0 Å². The second kappa shape index (κ2) is 9.85. The Labute approximate surface area is 174 Å². The minimum atomic E-state index is 0. The van der Waals surface area contributed by atoms with Crippen LogP contribution >= 0.6 is 24.8 Å². The second-order valence-electron chi connectivity index (χ2n) is 7.59. The minimum absolute atomic E-state index is 0. The number of nitrogens with one attached hydrogen (secondary N) is 1. The van der Waals surface area contributed by atoms with Crippen LogP contribution in [0.15, 0.2) is 24.3 Å². The molecule has 0 spiro atoms. The summed E-state index contributed by atoms with van der Waals surface area (Å²) in [7, 11) is 1.71. The first-order chi connectivity index (χ1) is 12.3. The van der Waals surface area contributed by atoms with E-state index in [1.807, 2.05) is 18.2 Å². The summed E-state index contributed by atoms with van der Waals surface area (Å²) in [4.78, 5) is 17.3. The SMILES string of the molecule is COc1ccccc1N1CCN(C(=O)C2CC3CCCCC3N2)CC1.Cl.Cl. The van der Waals surface area contributed by atoms with Crippen molar-refractivity contribution in [3.63, 3.8) is 0 Å². The van der Waals surface area contributed by atoms with Crippen LogP contribution in [0.4, 0.5) is 5.69 Å². The van der Waals surface area contributed by atoms with Crippen LogP contribution in [0.1, 0.15) is 32.1 Å². The summed E-state index contributed by atoms with van der Waals surface area (Å²) in [6.07, 6.45) is 6.23. The van der Waals surface area contributed by atoms with Crippen molar-refractivity contribution >= 4 is 36.4 Å². The van der Waals surface area contributed by atoms with Gasteiger partial charge >= 0.3 is 0 Å². The zero-order valence-electron chi connectivity index (χ0n) is 15.9. The maximum absolute atomic E-state index is 12.9. The van der Waals surface area contributed by atoms with Crippen LogP contribution in [0, 0.1) is 5.92 Å². The molecule has 3 atom stereocenters. The molecule has 1 N–H and O–H groups in total. The van der Waals surface area contributed by atoms with Crippen molar-refractivity contribution in [3.05, 3.63) is 24.3 Å². The summed E-state index contributed by atoms with van der Waals surface area (Å²) < 4.78 is 5.48. The van der Waals surface area contributed by atoms with Crippen molar-refractivity contribution in [1.82, 2.24) is 10.2 Å². The fourth-order valence-corrected chi connectivity index (χ4v) is 4.79. The molecular weight excluding hydrogens is 385 g/mol. The number of halogens is 2. The van der Waals surface area contributed by atoms with E-state index in [9.17, 15) is 4.79 Å². The maximum Gasteiger partial charge on any atom is 0.239 e. The van der Waals surface area contributed by atoms with Crippen LogP contribution in [0.2, 0.25) is 0 Å². The lowest BCUT2D eigenvalue weighted by molar-refractivity contribution is -0.133. The third kappa shape index (κ3) is 4.64. The van der Waals surface area contributed by atoms with Crippen molar-refractivity contribution in [2.24, 2.45) is 5.92 Å². The van der Waals surface area contributed by atoms with Gasteiger partial charge in [0.1, 0.15) is 5.75 Å². The predicted octanol–water partition coefficient (Wildman–Crippen LogP) is 3.11. The molecule has 0 aromatic heterocycles. The first kappa shape index (κ1) is 22.1. The number of methoxy groups -OCH3 is 1. The molecule has 0 bridgehead atoms. The Bertz CT molecular complexity index is 609. The molecule has 7 heteroatoms. The Morgan fingerprint density at radius 2 is 1.78 bits per heavy atom. The number of anilines is 1. The number of piperazine rings is 1. The van der Waals surface area contributed by atoms with E-state index in [2.05, 4.69) is 21.2 Å². The molecule has 2 saturated heterocycles. The van der Waals surface area contributed by atoms with Gasteiger partial charge in [0.2, 0.25) is 5.91 Å². The van der Waals surface area contributed by atoms with Gasteiger partial charge in [-0.15, -0.1) is 24.8 Å². The highest BCUT2D eigenvalue weighted by molar-refractivity contribution is 5.85. The molecule has 3 aliphatic rings. The third-order valence-corrected chi connectivity index (χ3v) is 6.18. The van der Waals surface area contributed by atoms with Crippen molar-refractivity contribution < 1.29 is 9.53 Å². The Hall–Kier alpha value is -1.17. The zero-order valence-corrected chi connectivity index (χ0v) is 17.6. The molecule has 4 rings (SSSR count). The number of amides is 1. The number of nitrogens with zero attached hydrogens (tertiary/aromatic N) is 2. The molecular formula is C20H31Cl2N3O2. The highest BCUT2D eigenvalue weighted by Crippen LogP contribution is 2.34. The van der Waals surface area contributed by atoms with E-state index in [1.165, 1.54) is 25.7 Å². The van der Waals surface area contributed by atoms with Crippen LogP contribution in [0.3, 0.4) is 0 Å². The fraction of sp³-hybridized carbons (Fsp3) is 0.650. The van der Waals surface area contributed by atoms with Gasteiger partial charge in [0, 0.05) is 32.2 Å². The van der Waals surface area contributed by atoms with E-state index in [1.54, 1.807) is 7.11 Å². The van der Waals surface area contributed by atoms with Gasteiger partial charge in [-0.2, -0.15) is 0 Å². The van der Waals surface area contributed by atoms with E-state index in [4.69, 9.17) is 4.74 Å². The molecule has 1 aromatic carbocycles. The maximum atomic E-state index is 12.9. The molecule has 1 amide bonds. The first-order valence-corrected chi connectivity index (χ1v) is 9.69. The number of rotatable bonds is 3. The van der Waals surface area contributed by atoms with E-state index in [0.717, 1.165) is 50.0 Å². The Balaban J connectivity index is 0.00000131. The molecule has 3 unspecified atom stereocenters. The van der Waals surface area contributed by atoms with Gasteiger partial charge in [-0.1, -0.05) is 25.0 Å². The van der Waals surface area contributed by atoms with Gasteiger partial charge in [-0.3, -0.25) is 4.79 Å². The summed E-state index contributed by atoms with van der Waals surface area (Å²) in [6, 6.07) is 8.76. The summed E-state index contributed by atoms with van der Waals surface area (Å²) >= 11 is 0. The molecule has 2 heterocycles. The molecule has 152 valence electrons. The largest absolute Gasteiger partial charge is 0.495 e. The van der Waals surface area contributed by atoms with E-state index in [-0.39, 0.29) is 30.9 Å². The number of para-hydroxylation sites is 2. The summed E-state index contributed by atoms with van der Waals surface area (Å²) in [5, 5.41) is 3.63. The number of fused-ring (bicyclic) bond motifs is 1. The number of hydrogen-bond donors (Lipinski definition) is 1. The van der Waals surface area contributed by atoms with Gasteiger partial charge in [0.05, 0.1) is 18.8 Å². The zero-order chi connectivity index (χ0) is 17.2. The molecule has 2 aliphatic heterocycles. The van der Waals surface area contributed by atoms with Gasteiger partial charge in [0.25, 0.3) is 0 Å². The average Bonchev–Trinajstić information content (AvgIpc) is 3.12. The highest BCUT2D eigenvalue weighted by Gasteiger charge is 2.40. The molecule has 27 heavy (non-hydrogen) atoms. The molecule has 0 radical (unpaired) electrons. The summed E-state index contributed by atoms with van der Waals surface area (Å²) in [5.74, 6) is 1.94. The van der Waals surface area contributed by atoms with Crippen LogP contribution in [0.5, 0.6) is 5.75 Å². The lowest BCUT2D eigenvalue weighted by Crippen LogP contribution is -2.53. The summed E-state index contributed by atoms with van der Waals surface area (Å²) in [6.45, 7) is 3.33. The van der Waals surface area contributed by atoms with E-state index < -0.39 is 0 Å². The number of carbonyl (C=O) groups is 1. The Kier molecular flexibility index (Phi) is 8.07. The smallest absolute Gasteiger partial charge is 0.239 e. The van der Waals surface area contributed by atoms with Crippen LogP contribution < -0.4 is 15.0 Å². The van der Waals surface area contributed by atoms with Gasteiger partial charge in [-0.05, 0) is 37.3 Å². The number of benzene rings is 1. The van der Waals surface area contributed by atoms with E-state index in [0.29, 0.717) is 11.9 Å². The van der Waals surface area contributed by atoms with Crippen LogP contribution in [-0.4, -0.2) is 56.2 Å². The van der Waals surface area contributed by atoms with Crippen molar-refractivity contribution in [2.45, 2.75) is 44.2 Å². The quantitative estimate of drug-likeness (QED) is 0.823. The van der Waals surface area contributed by atoms with Gasteiger partial charge in [-0.25, -0.2) is 0 Å². The normalized spacial score (nSPS) is 27.2. The topological polar surface area (TPSA) is 44.8 Å². The lowest BCUT2D eigenvalue weighted by Gasteiger charge is -2.37. The number of hydrogen-bond acceptors (Lipinski definition) is 4. The molecule has 5 nitrogen and oxygen atoms in total. The second-order valence-corrected chi connectivity index (χ2v) is 7.59. The molecule has 3 fully saturated rings. The van der Waals surface area contributed by atoms with Gasteiger partial charge in [0.15, 0.2) is 0 Å². The lowest BCUT2D eigenvalue weighted by atomic mass is 9.85. The summed E-state index contributed by atoms with van der Waals surface area (Å²) in [5.41, 5.74) is 1.13. The molecule has 1 aliphatic carbocycles. The first-order valence-electron chi connectivity index (χ1n) is 9.69. The molecule has 1 aromatic rings. The molecule has 1 saturated carbocycles. The fourth-order valence-electron chi connectivity index (χ4n) is 4.79. The van der Waals surface area contributed by atoms with Crippen LogP contribution in [-0.2, 0) is 4.79 Å². The highest BCUT2D eigenvalue weighted by atomic mass is 35.5. The van der Waals surface area contributed by atoms with Crippen molar-refractivity contribution in [2.75, 3.05) is 38.2 Å². The average molecular weight is 416 g/mol. The number of ether oxygens (including phenoxy) is 1. The standard InChI is InChI=1S/C20H29N3O2.2ClH/c1-25-19-9-5-4-8-18(19)22-10-12-23(13-11-22)20(24)17-14-15-6-2-3-7-16(15)21-17;;/h4-5,8-9,15-17,21H,2-3,6-7,10-14H2,1H3;2*1H. The van der Waals surface area contributed by atoms with Crippen LogP contribution in [0.25, 0.3) is 0 Å². The Morgan fingerprint density at radius 1 is 1.07 bits per heavy atom. The van der Waals surface area contributed by atoms with Gasteiger partial charge < -0.3 is 19.9 Å². The predicted molar refractivity (Wildman–Crippen MR) is 114 cm³/mol. The monoisotopic (exact) mass is 415 g/mol. The number of carbonyl (C=O) groups excluding carboxylic acids is 1. The van der Waals surface area contributed by atoms with Crippen molar-refractivity contribution in [3.8, 4) is 5.75 Å². The minimum Gasteiger partial charge on any atom is -0.495 e. The van der Waals surface area contributed by atoms with E-state index >= 15 is 0 Å². The third-order valence-electron chi connectivity index (χ3n) is 6.18. The Morgan fingerprint density at radius 3 is 2.48 bits per heavy atom.